The predicted octanol–water partition coefficient (Wildman–Crippen LogP) is 1.83. The van der Waals surface area contributed by atoms with E-state index in [1.54, 1.807) is 24.3 Å². The lowest BCUT2D eigenvalue weighted by Crippen LogP contribution is -2.49. The number of hydrogen-bond acceptors (Lipinski definition) is 3. The summed E-state index contributed by atoms with van der Waals surface area (Å²) in [5, 5.41) is 14.5. The molecule has 0 aliphatic heterocycles. The highest BCUT2D eigenvalue weighted by molar-refractivity contribution is 6.30. The van der Waals surface area contributed by atoms with Gasteiger partial charge in [-0.2, -0.15) is 0 Å². The molecule has 0 atom stereocenters. The second-order valence-corrected chi connectivity index (χ2v) is 5.78. The molecule has 1 aromatic carbocycles. The molecule has 0 aromatic heterocycles. The number of nitrogens with one attached hydrogen (secondary N) is 2. The van der Waals surface area contributed by atoms with Crippen molar-refractivity contribution >= 4 is 29.4 Å². The van der Waals surface area contributed by atoms with Gasteiger partial charge in [-0.05, 0) is 44.5 Å². The lowest BCUT2D eigenvalue weighted by atomic mass is 10.1. The molecule has 0 bridgehead atoms. The number of benzene rings is 1. The van der Waals surface area contributed by atoms with Crippen molar-refractivity contribution in [2.24, 2.45) is 0 Å². The lowest BCUT2D eigenvalue weighted by Gasteiger charge is -2.20. The molecule has 1 rings (SSSR count). The van der Waals surface area contributed by atoms with Gasteiger partial charge in [0.2, 0.25) is 5.91 Å². The number of rotatable bonds is 7. The molecule has 22 heavy (non-hydrogen) atoms. The van der Waals surface area contributed by atoms with Gasteiger partial charge in [0.15, 0.2) is 0 Å². The Bertz CT molecular complexity index is 555. The number of aliphatic carboxylic acids is 1. The Morgan fingerprint density at radius 3 is 2.32 bits per heavy atom. The topological polar surface area (TPSA) is 95.5 Å². The first-order valence-corrected chi connectivity index (χ1v) is 7.18. The zero-order valence-electron chi connectivity index (χ0n) is 12.5. The molecule has 0 aliphatic carbocycles. The van der Waals surface area contributed by atoms with E-state index in [0.717, 1.165) is 0 Å². The molecule has 0 unspecified atom stereocenters. The number of hydrogen-bond donors (Lipinski definition) is 3. The average molecular weight is 327 g/mol. The third kappa shape index (κ3) is 5.73. The molecule has 3 N–H and O–H groups in total. The number of carboxylic acid groups (broad SMARTS) is 1. The Kier molecular flexibility index (Phi) is 6.37. The van der Waals surface area contributed by atoms with Crippen molar-refractivity contribution < 1.29 is 19.5 Å². The molecular weight excluding hydrogens is 308 g/mol. The summed E-state index contributed by atoms with van der Waals surface area (Å²) in [7, 11) is 0. The minimum atomic E-state index is -1.30. The van der Waals surface area contributed by atoms with E-state index in [2.05, 4.69) is 10.6 Å². The van der Waals surface area contributed by atoms with Crippen molar-refractivity contribution in [3.05, 3.63) is 34.9 Å². The van der Waals surface area contributed by atoms with E-state index in [0.29, 0.717) is 23.6 Å². The maximum absolute atomic E-state index is 11.8. The first-order chi connectivity index (χ1) is 10.2. The first kappa shape index (κ1) is 18.0. The van der Waals surface area contributed by atoms with Crippen LogP contribution in [0.15, 0.2) is 24.3 Å². The summed E-state index contributed by atoms with van der Waals surface area (Å²) in [6.45, 7) is 3.15. The number of carboxylic acids is 1. The van der Waals surface area contributed by atoms with Crippen LogP contribution in [0, 0.1) is 0 Å². The molecule has 0 aliphatic rings. The van der Waals surface area contributed by atoms with Gasteiger partial charge in [0.05, 0.1) is 0 Å². The molecule has 6 nitrogen and oxygen atoms in total. The fourth-order valence-corrected chi connectivity index (χ4v) is 1.74. The molecular formula is C15H19ClN2O4. The first-order valence-electron chi connectivity index (χ1n) is 6.80. The standard InChI is InChI=1S/C15H19ClN2O4/c1-15(2,14(21)22)18-12(19)4-3-9-17-13(20)10-5-7-11(16)8-6-10/h5-8H,3-4,9H2,1-2H3,(H,17,20)(H,18,19)(H,21,22). The largest absolute Gasteiger partial charge is 0.480 e. The Balaban J connectivity index is 2.30. The molecule has 1 aromatic rings. The quantitative estimate of drug-likeness (QED) is 0.666. The highest BCUT2D eigenvalue weighted by atomic mass is 35.5. The maximum atomic E-state index is 11.8. The smallest absolute Gasteiger partial charge is 0.328 e. The van der Waals surface area contributed by atoms with Crippen LogP contribution in [0.5, 0.6) is 0 Å². The van der Waals surface area contributed by atoms with Gasteiger partial charge in [-0.25, -0.2) is 4.79 Å². The van der Waals surface area contributed by atoms with E-state index in [4.69, 9.17) is 16.7 Å². The van der Waals surface area contributed by atoms with Crippen molar-refractivity contribution in [1.82, 2.24) is 10.6 Å². The summed E-state index contributed by atoms with van der Waals surface area (Å²) in [5.41, 5.74) is -0.815. The normalized spacial score (nSPS) is 10.9. The Labute approximate surface area is 133 Å². The molecule has 2 amide bonds. The van der Waals surface area contributed by atoms with Crippen LogP contribution in [0.25, 0.3) is 0 Å². The lowest BCUT2D eigenvalue weighted by molar-refractivity contribution is -0.146. The van der Waals surface area contributed by atoms with Crippen LogP contribution < -0.4 is 10.6 Å². The van der Waals surface area contributed by atoms with Gasteiger partial charge in [-0.3, -0.25) is 9.59 Å². The van der Waals surface area contributed by atoms with Crippen LogP contribution >= 0.6 is 11.6 Å². The number of amides is 2. The zero-order chi connectivity index (χ0) is 16.8. The van der Waals surface area contributed by atoms with E-state index in [-0.39, 0.29) is 18.2 Å². The van der Waals surface area contributed by atoms with E-state index in [1.807, 2.05) is 0 Å². The number of carbonyl (C=O) groups excluding carboxylic acids is 2. The molecule has 0 saturated heterocycles. The van der Waals surface area contributed by atoms with Gasteiger partial charge < -0.3 is 15.7 Å². The van der Waals surface area contributed by atoms with Crippen molar-refractivity contribution in [2.75, 3.05) is 6.54 Å². The fraction of sp³-hybridized carbons (Fsp3) is 0.400. The zero-order valence-corrected chi connectivity index (χ0v) is 13.2. The molecule has 0 radical (unpaired) electrons. The van der Waals surface area contributed by atoms with Crippen LogP contribution in [0.2, 0.25) is 5.02 Å². The number of carbonyl (C=O) groups is 3. The monoisotopic (exact) mass is 326 g/mol. The third-order valence-corrected chi connectivity index (χ3v) is 3.21. The molecule has 0 fully saturated rings. The minimum Gasteiger partial charge on any atom is -0.480 e. The van der Waals surface area contributed by atoms with Crippen LogP contribution in [-0.2, 0) is 9.59 Å². The van der Waals surface area contributed by atoms with Gasteiger partial charge in [-0.1, -0.05) is 11.6 Å². The maximum Gasteiger partial charge on any atom is 0.328 e. The van der Waals surface area contributed by atoms with Gasteiger partial charge in [-0.15, -0.1) is 0 Å². The summed E-state index contributed by atoms with van der Waals surface area (Å²) in [4.78, 5) is 34.3. The Hall–Kier alpha value is -2.08. The van der Waals surface area contributed by atoms with Gasteiger partial charge >= 0.3 is 5.97 Å². The predicted molar refractivity (Wildman–Crippen MR) is 82.9 cm³/mol. The summed E-state index contributed by atoms with van der Waals surface area (Å²) in [6, 6.07) is 6.47. The summed E-state index contributed by atoms with van der Waals surface area (Å²) in [5.74, 6) is -1.71. The molecule has 120 valence electrons. The van der Waals surface area contributed by atoms with Gasteiger partial charge in [0.25, 0.3) is 5.91 Å². The van der Waals surface area contributed by atoms with Gasteiger partial charge in [0.1, 0.15) is 5.54 Å². The van der Waals surface area contributed by atoms with E-state index < -0.39 is 11.5 Å². The summed E-state index contributed by atoms with van der Waals surface area (Å²) < 4.78 is 0. The molecule has 7 heteroatoms. The van der Waals surface area contributed by atoms with Crippen LogP contribution in [0.1, 0.15) is 37.0 Å². The van der Waals surface area contributed by atoms with Gasteiger partial charge in [0, 0.05) is 23.6 Å². The second-order valence-electron chi connectivity index (χ2n) is 5.34. The van der Waals surface area contributed by atoms with Crippen molar-refractivity contribution in [3.8, 4) is 0 Å². The molecule has 0 spiro atoms. The van der Waals surface area contributed by atoms with E-state index in [9.17, 15) is 14.4 Å². The van der Waals surface area contributed by atoms with E-state index >= 15 is 0 Å². The number of halogens is 1. The highest BCUT2D eigenvalue weighted by Crippen LogP contribution is 2.09. The summed E-state index contributed by atoms with van der Waals surface area (Å²) >= 11 is 5.74. The van der Waals surface area contributed by atoms with Crippen LogP contribution in [0.4, 0.5) is 0 Å². The third-order valence-electron chi connectivity index (χ3n) is 2.96. The SMILES string of the molecule is CC(C)(NC(=O)CCCNC(=O)c1ccc(Cl)cc1)C(=O)O. The van der Waals surface area contributed by atoms with Crippen molar-refractivity contribution in [3.63, 3.8) is 0 Å². The average Bonchev–Trinajstić information content (AvgIpc) is 2.43. The van der Waals surface area contributed by atoms with Crippen LogP contribution in [-0.4, -0.2) is 35.0 Å². The minimum absolute atomic E-state index is 0.137. The summed E-state index contributed by atoms with van der Waals surface area (Å²) in [6.07, 6.45) is 0.554. The Morgan fingerprint density at radius 1 is 1.18 bits per heavy atom. The Morgan fingerprint density at radius 2 is 1.77 bits per heavy atom. The van der Waals surface area contributed by atoms with Crippen molar-refractivity contribution in [2.45, 2.75) is 32.2 Å². The van der Waals surface area contributed by atoms with Crippen molar-refractivity contribution in [1.29, 1.82) is 0 Å². The molecule has 0 saturated carbocycles. The fourth-order valence-electron chi connectivity index (χ4n) is 1.62. The molecule has 0 heterocycles. The highest BCUT2D eigenvalue weighted by Gasteiger charge is 2.28. The van der Waals surface area contributed by atoms with E-state index in [1.165, 1.54) is 13.8 Å². The van der Waals surface area contributed by atoms with Crippen LogP contribution in [0.3, 0.4) is 0 Å². The second kappa shape index (κ2) is 7.79.